The van der Waals surface area contributed by atoms with Gasteiger partial charge in [0.1, 0.15) is 0 Å². The average molecular weight is 639 g/mol. The number of nitrogens with zero attached hydrogens (tertiary/aromatic N) is 2. The molecular formula is C48H34N2. The van der Waals surface area contributed by atoms with E-state index >= 15 is 0 Å². The summed E-state index contributed by atoms with van der Waals surface area (Å²) in [5.41, 5.74) is 14.0. The SMILES string of the molecule is c1ccc(-c2ccc(-n3c4ccccc4c4c(N(c5ccccc5)c5cc(-c6ccccc6)cc(-c6ccccc6)c5)cccc43)cc2)cc1. The molecule has 0 saturated heterocycles. The molecule has 9 rings (SSSR count). The van der Waals surface area contributed by atoms with Crippen LogP contribution in [0.2, 0.25) is 0 Å². The van der Waals surface area contributed by atoms with Crippen molar-refractivity contribution in [1.29, 1.82) is 0 Å². The number of rotatable bonds is 7. The van der Waals surface area contributed by atoms with Crippen LogP contribution in [0.4, 0.5) is 17.1 Å². The molecule has 2 heteroatoms. The van der Waals surface area contributed by atoms with E-state index in [1.54, 1.807) is 0 Å². The number of hydrogen-bond donors (Lipinski definition) is 0. The second kappa shape index (κ2) is 12.8. The first-order chi connectivity index (χ1) is 24.8. The third kappa shape index (κ3) is 5.34. The highest BCUT2D eigenvalue weighted by Crippen LogP contribution is 2.45. The zero-order chi connectivity index (χ0) is 33.3. The molecule has 0 saturated carbocycles. The van der Waals surface area contributed by atoms with E-state index in [0.29, 0.717) is 0 Å². The van der Waals surface area contributed by atoms with Gasteiger partial charge in [-0.15, -0.1) is 0 Å². The quantitative estimate of drug-likeness (QED) is 0.169. The average Bonchev–Trinajstić information content (AvgIpc) is 3.54. The van der Waals surface area contributed by atoms with E-state index in [1.165, 1.54) is 55.2 Å². The van der Waals surface area contributed by atoms with Gasteiger partial charge in [-0.3, -0.25) is 0 Å². The van der Waals surface area contributed by atoms with Gasteiger partial charge in [0, 0.05) is 27.8 Å². The monoisotopic (exact) mass is 638 g/mol. The minimum Gasteiger partial charge on any atom is -0.310 e. The van der Waals surface area contributed by atoms with E-state index in [0.717, 1.165) is 22.7 Å². The number of anilines is 3. The molecular weight excluding hydrogens is 605 g/mol. The highest BCUT2D eigenvalue weighted by molar-refractivity contribution is 6.16. The molecule has 0 N–H and O–H groups in total. The number of hydrogen-bond acceptors (Lipinski definition) is 1. The van der Waals surface area contributed by atoms with Crippen LogP contribution in [0, 0.1) is 0 Å². The maximum atomic E-state index is 2.43. The number of para-hydroxylation sites is 2. The fourth-order valence-corrected chi connectivity index (χ4v) is 7.24. The van der Waals surface area contributed by atoms with E-state index in [9.17, 15) is 0 Å². The Bertz CT molecular complexity index is 2500. The second-order valence-electron chi connectivity index (χ2n) is 12.6. The normalized spacial score (nSPS) is 11.2. The highest BCUT2D eigenvalue weighted by atomic mass is 15.1. The summed E-state index contributed by atoms with van der Waals surface area (Å²) in [7, 11) is 0. The van der Waals surface area contributed by atoms with Crippen LogP contribution >= 0.6 is 0 Å². The van der Waals surface area contributed by atoms with Crippen LogP contribution in [0.25, 0.3) is 60.9 Å². The molecule has 0 radical (unpaired) electrons. The van der Waals surface area contributed by atoms with E-state index in [1.807, 2.05) is 0 Å². The van der Waals surface area contributed by atoms with Gasteiger partial charge in [0.05, 0.1) is 16.7 Å². The lowest BCUT2D eigenvalue weighted by Crippen LogP contribution is -2.10. The first-order valence-corrected chi connectivity index (χ1v) is 17.1. The Labute approximate surface area is 292 Å². The summed E-state index contributed by atoms with van der Waals surface area (Å²) < 4.78 is 2.40. The predicted octanol–water partition coefficient (Wildman–Crippen LogP) is 13.3. The lowest BCUT2D eigenvalue weighted by atomic mass is 9.97. The van der Waals surface area contributed by atoms with E-state index < -0.39 is 0 Å². The Morgan fingerprint density at radius 3 is 1.40 bits per heavy atom. The van der Waals surface area contributed by atoms with Gasteiger partial charge in [-0.25, -0.2) is 0 Å². The number of fused-ring (bicyclic) bond motifs is 3. The van der Waals surface area contributed by atoms with Gasteiger partial charge in [-0.2, -0.15) is 0 Å². The molecule has 50 heavy (non-hydrogen) atoms. The smallest absolute Gasteiger partial charge is 0.0562 e. The van der Waals surface area contributed by atoms with Crippen molar-refractivity contribution in [3.63, 3.8) is 0 Å². The van der Waals surface area contributed by atoms with Gasteiger partial charge in [-0.1, -0.05) is 146 Å². The van der Waals surface area contributed by atoms with Crippen molar-refractivity contribution in [2.45, 2.75) is 0 Å². The Hall–Kier alpha value is -6.64. The Kier molecular flexibility index (Phi) is 7.53. The largest absolute Gasteiger partial charge is 0.310 e. The predicted molar refractivity (Wildman–Crippen MR) is 212 cm³/mol. The molecule has 0 unspecified atom stereocenters. The fourth-order valence-electron chi connectivity index (χ4n) is 7.24. The van der Waals surface area contributed by atoms with Crippen LogP contribution in [0.1, 0.15) is 0 Å². The molecule has 9 aromatic rings. The van der Waals surface area contributed by atoms with Gasteiger partial charge >= 0.3 is 0 Å². The van der Waals surface area contributed by atoms with E-state index in [-0.39, 0.29) is 0 Å². The summed E-state index contributed by atoms with van der Waals surface area (Å²) in [6.07, 6.45) is 0. The maximum absolute atomic E-state index is 2.43. The van der Waals surface area contributed by atoms with E-state index in [4.69, 9.17) is 0 Å². The lowest BCUT2D eigenvalue weighted by Gasteiger charge is -2.28. The third-order valence-electron chi connectivity index (χ3n) is 9.55. The van der Waals surface area contributed by atoms with Crippen LogP contribution < -0.4 is 4.90 Å². The molecule has 1 heterocycles. The zero-order valence-electron chi connectivity index (χ0n) is 27.5. The minimum absolute atomic E-state index is 1.10. The molecule has 0 bridgehead atoms. The van der Waals surface area contributed by atoms with Crippen LogP contribution in [0.3, 0.4) is 0 Å². The summed E-state index contributed by atoms with van der Waals surface area (Å²) in [6, 6.07) is 74.1. The molecule has 236 valence electrons. The van der Waals surface area contributed by atoms with Crippen LogP contribution in [-0.4, -0.2) is 4.57 Å². The van der Waals surface area contributed by atoms with Crippen molar-refractivity contribution in [2.24, 2.45) is 0 Å². The molecule has 0 spiro atoms. The first kappa shape index (κ1) is 29.5. The summed E-state index contributed by atoms with van der Waals surface area (Å²) in [4.78, 5) is 2.43. The van der Waals surface area contributed by atoms with Crippen molar-refractivity contribution in [3.8, 4) is 39.1 Å². The summed E-state index contributed by atoms with van der Waals surface area (Å²) in [5.74, 6) is 0. The van der Waals surface area contributed by atoms with Gasteiger partial charge in [0.2, 0.25) is 0 Å². The third-order valence-corrected chi connectivity index (χ3v) is 9.55. The zero-order valence-corrected chi connectivity index (χ0v) is 27.5. The molecule has 0 amide bonds. The number of aromatic nitrogens is 1. The number of benzene rings is 8. The van der Waals surface area contributed by atoms with Gasteiger partial charge in [-0.05, 0) is 94.0 Å². The molecule has 0 aliphatic carbocycles. The maximum Gasteiger partial charge on any atom is 0.0562 e. The van der Waals surface area contributed by atoms with Gasteiger partial charge in [0.15, 0.2) is 0 Å². The van der Waals surface area contributed by atoms with Gasteiger partial charge in [0.25, 0.3) is 0 Å². The molecule has 0 aliphatic heterocycles. The van der Waals surface area contributed by atoms with E-state index in [2.05, 4.69) is 216 Å². The lowest BCUT2D eigenvalue weighted by molar-refractivity contribution is 1.18. The molecule has 0 aliphatic rings. The fraction of sp³-hybridized carbons (Fsp3) is 0. The summed E-state index contributed by atoms with van der Waals surface area (Å²) in [6.45, 7) is 0. The highest BCUT2D eigenvalue weighted by Gasteiger charge is 2.22. The van der Waals surface area contributed by atoms with Crippen molar-refractivity contribution in [3.05, 3.63) is 206 Å². The van der Waals surface area contributed by atoms with Gasteiger partial charge < -0.3 is 9.47 Å². The Morgan fingerprint density at radius 2 is 0.800 bits per heavy atom. The molecule has 0 fully saturated rings. The van der Waals surface area contributed by atoms with Crippen molar-refractivity contribution in [2.75, 3.05) is 4.90 Å². The molecule has 1 aromatic heterocycles. The standard InChI is InChI=1S/C48H34N2/c1-5-16-35(17-6-1)38-28-30-42(31-29-38)50-45-25-14-13-24-44(45)48-46(26-15-27-47(48)50)49(41-22-11-4-12-23-41)43-33-39(36-18-7-2-8-19-36)32-40(34-43)37-20-9-3-10-21-37/h1-34H. The first-order valence-electron chi connectivity index (χ1n) is 17.1. The van der Waals surface area contributed by atoms with Crippen molar-refractivity contribution >= 4 is 38.9 Å². The van der Waals surface area contributed by atoms with Crippen molar-refractivity contribution < 1.29 is 0 Å². The molecule has 2 nitrogen and oxygen atoms in total. The molecule has 8 aromatic carbocycles. The van der Waals surface area contributed by atoms with Crippen molar-refractivity contribution in [1.82, 2.24) is 4.57 Å². The summed E-state index contributed by atoms with van der Waals surface area (Å²) in [5, 5.41) is 2.43. The topological polar surface area (TPSA) is 8.17 Å². The summed E-state index contributed by atoms with van der Waals surface area (Å²) >= 11 is 0. The van der Waals surface area contributed by atoms with Crippen LogP contribution in [-0.2, 0) is 0 Å². The Balaban J connectivity index is 1.29. The van der Waals surface area contributed by atoms with Crippen LogP contribution in [0.15, 0.2) is 206 Å². The Morgan fingerprint density at radius 1 is 0.320 bits per heavy atom. The minimum atomic E-state index is 1.10. The molecule has 0 atom stereocenters. The van der Waals surface area contributed by atoms with Crippen LogP contribution in [0.5, 0.6) is 0 Å². The second-order valence-corrected chi connectivity index (χ2v) is 12.6.